The minimum atomic E-state index is -0.346. The van der Waals surface area contributed by atoms with E-state index in [0.29, 0.717) is 28.1 Å². The van der Waals surface area contributed by atoms with Crippen LogP contribution in [-0.4, -0.2) is 10.8 Å². The Morgan fingerprint density at radius 3 is 2.74 bits per heavy atom. The molecule has 0 radical (unpaired) electrons. The van der Waals surface area contributed by atoms with Crippen molar-refractivity contribution in [3.63, 3.8) is 0 Å². The van der Waals surface area contributed by atoms with Crippen LogP contribution in [0, 0.1) is 5.82 Å². The quantitative estimate of drug-likeness (QED) is 0.784. The number of carbonyl (C=O) groups is 1. The Bertz CT molecular complexity index is 599. The largest absolute Gasteiger partial charge is 0.455 e. The Labute approximate surface area is 118 Å². The first-order valence-electron chi connectivity index (χ1n) is 5.72. The first-order chi connectivity index (χ1) is 9.10. The molecule has 0 spiro atoms. The second-order valence-corrected chi connectivity index (χ2v) is 4.69. The zero-order chi connectivity index (χ0) is 13.8. The second-order valence-electron chi connectivity index (χ2n) is 3.83. The molecule has 98 valence electrons. The van der Waals surface area contributed by atoms with Gasteiger partial charge >= 0.3 is 0 Å². The molecular weight excluding hydrogens is 313 g/mol. The van der Waals surface area contributed by atoms with Crippen molar-refractivity contribution in [2.75, 3.05) is 0 Å². The van der Waals surface area contributed by atoms with Crippen molar-refractivity contribution in [2.24, 2.45) is 0 Å². The second kappa shape index (κ2) is 5.93. The molecule has 0 fully saturated rings. The topological polar surface area (TPSA) is 39.2 Å². The maximum atomic E-state index is 12.9. The molecule has 1 aromatic carbocycles. The van der Waals surface area contributed by atoms with Crippen LogP contribution in [-0.2, 0) is 0 Å². The van der Waals surface area contributed by atoms with Crippen molar-refractivity contribution < 1.29 is 13.9 Å². The van der Waals surface area contributed by atoms with E-state index in [1.807, 2.05) is 0 Å². The Morgan fingerprint density at radius 1 is 1.37 bits per heavy atom. The fourth-order valence-corrected chi connectivity index (χ4v) is 1.90. The first-order valence-corrected chi connectivity index (χ1v) is 6.51. The third-order valence-corrected chi connectivity index (χ3v) is 3.08. The van der Waals surface area contributed by atoms with Gasteiger partial charge in [0.2, 0.25) is 0 Å². The van der Waals surface area contributed by atoms with Gasteiger partial charge in [0, 0.05) is 6.42 Å². The number of rotatable bonds is 4. The smallest absolute Gasteiger partial charge is 0.180 e. The SMILES string of the molecule is CCC(=O)c1ccc(Oc2ccc(F)cc2Br)cn1. The van der Waals surface area contributed by atoms with E-state index in [1.54, 1.807) is 19.1 Å². The fourth-order valence-electron chi connectivity index (χ4n) is 1.47. The normalized spacial score (nSPS) is 10.3. The number of aromatic nitrogens is 1. The highest BCUT2D eigenvalue weighted by Gasteiger charge is 2.07. The summed E-state index contributed by atoms with van der Waals surface area (Å²) in [4.78, 5) is 15.5. The molecule has 0 saturated carbocycles. The zero-order valence-corrected chi connectivity index (χ0v) is 11.8. The van der Waals surface area contributed by atoms with Gasteiger partial charge in [0.25, 0.3) is 0 Å². The van der Waals surface area contributed by atoms with Gasteiger partial charge in [0.05, 0.1) is 10.7 Å². The molecule has 2 aromatic rings. The van der Waals surface area contributed by atoms with Crippen molar-refractivity contribution in [3.8, 4) is 11.5 Å². The Hall–Kier alpha value is -1.75. The molecule has 1 heterocycles. The summed E-state index contributed by atoms with van der Waals surface area (Å²) >= 11 is 3.21. The van der Waals surface area contributed by atoms with E-state index in [0.717, 1.165) is 0 Å². The summed E-state index contributed by atoms with van der Waals surface area (Å²) in [5.41, 5.74) is 0.410. The van der Waals surface area contributed by atoms with Crippen molar-refractivity contribution >= 4 is 21.7 Å². The lowest BCUT2D eigenvalue weighted by molar-refractivity contribution is 0.0983. The number of benzene rings is 1. The molecule has 2 rings (SSSR count). The van der Waals surface area contributed by atoms with Crippen LogP contribution in [0.2, 0.25) is 0 Å². The standard InChI is InChI=1S/C14H11BrFNO2/c1-2-13(18)12-5-4-10(8-17-12)19-14-6-3-9(16)7-11(14)15/h3-8H,2H2,1H3. The number of ketones is 1. The van der Waals surface area contributed by atoms with Crippen LogP contribution in [0.5, 0.6) is 11.5 Å². The minimum absolute atomic E-state index is 0.0190. The molecule has 0 aliphatic rings. The number of hydrogen-bond donors (Lipinski definition) is 0. The van der Waals surface area contributed by atoms with Crippen LogP contribution in [0.25, 0.3) is 0 Å². The van der Waals surface area contributed by atoms with Crippen molar-refractivity contribution in [1.29, 1.82) is 0 Å². The van der Waals surface area contributed by atoms with Crippen LogP contribution < -0.4 is 4.74 Å². The Kier molecular flexibility index (Phi) is 4.27. The van der Waals surface area contributed by atoms with Crippen LogP contribution >= 0.6 is 15.9 Å². The molecule has 0 unspecified atom stereocenters. The van der Waals surface area contributed by atoms with Crippen LogP contribution in [0.15, 0.2) is 41.0 Å². The number of Topliss-reactive ketones (excluding diaryl/α,β-unsaturated/α-hetero) is 1. The lowest BCUT2D eigenvalue weighted by Gasteiger charge is -2.07. The zero-order valence-electron chi connectivity index (χ0n) is 10.2. The maximum absolute atomic E-state index is 12.9. The van der Waals surface area contributed by atoms with Gasteiger partial charge in [-0.05, 0) is 46.3 Å². The predicted molar refractivity (Wildman–Crippen MR) is 73.0 cm³/mol. The number of hydrogen-bond acceptors (Lipinski definition) is 3. The van der Waals surface area contributed by atoms with Gasteiger partial charge in [-0.25, -0.2) is 9.37 Å². The summed E-state index contributed by atoms with van der Waals surface area (Å²) in [7, 11) is 0. The first kappa shape index (κ1) is 13.7. The van der Waals surface area contributed by atoms with Crippen LogP contribution in [0.4, 0.5) is 4.39 Å². The van der Waals surface area contributed by atoms with Crippen molar-refractivity contribution in [2.45, 2.75) is 13.3 Å². The van der Waals surface area contributed by atoms with E-state index in [1.165, 1.54) is 24.4 Å². The third kappa shape index (κ3) is 3.38. The van der Waals surface area contributed by atoms with E-state index >= 15 is 0 Å². The van der Waals surface area contributed by atoms with Crippen molar-refractivity contribution in [3.05, 3.63) is 52.5 Å². The van der Waals surface area contributed by atoms with E-state index < -0.39 is 0 Å². The van der Waals surface area contributed by atoms with E-state index in [-0.39, 0.29) is 11.6 Å². The number of pyridine rings is 1. The lowest BCUT2D eigenvalue weighted by atomic mass is 10.2. The van der Waals surface area contributed by atoms with Gasteiger partial charge in [-0.3, -0.25) is 4.79 Å². The summed E-state index contributed by atoms with van der Waals surface area (Å²) in [5, 5.41) is 0. The summed E-state index contributed by atoms with van der Waals surface area (Å²) in [6, 6.07) is 7.41. The highest BCUT2D eigenvalue weighted by molar-refractivity contribution is 9.10. The number of halogens is 2. The molecule has 19 heavy (non-hydrogen) atoms. The number of ether oxygens (including phenoxy) is 1. The summed E-state index contributed by atoms with van der Waals surface area (Å²) in [6.07, 6.45) is 1.88. The van der Waals surface area contributed by atoms with E-state index in [9.17, 15) is 9.18 Å². The van der Waals surface area contributed by atoms with Crippen molar-refractivity contribution in [1.82, 2.24) is 4.98 Å². The molecule has 0 amide bonds. The number of carbonyl (C=O) groups excluding carboxylic acids is 1. The van der Waals surface area contributed by atoms with E-state index in [2.05, 4.69) is 20.9 Å². The summed E-state index contributed by atoms with van der Waals surface area (Å²) in [5.74, 6) is 0.605. The van der Waals surface area contributed by atoms with Gasteiger partial charge in [-0.1, -0.05) is 6.92 Å². The maximum Gasteiger partial charge on any atom is 0.180 e. The van der Waals surface area contributed by atoms with E-state index in [4.69, 9.17) is 4.74 Å². The highest BCUT2D eigenvalue weighted by atomic mass is 79.9. The molecule has 0 aliphatic carbocycles. The lowest BCUT2D eigenvalue weighted by Crippen LogP contribution is -1.99. The predicted octanol–water partition coefficient (Wildman–Crippen LogP) is 4.37. The molecular formula is C14H11BrFNO2. The summed E-state index contributed by atoms with van der Waals surface area (Å²) in [6.45, 7) is 1.78. The van der Waals surface area contributed by atoms with Gasteiger partial charge in [-0.15, -0.1) is 0 Å². The summed E-state index contributed by atoms with van der Waals surface area (Å²) < 4.78 is 19.0. The fraction of sp³-hybridized carbons (Fsp3) is 0.143. The van der Waals surface area contributed by atoms with Gasteiger partial charge in [0.1, 0.15) is 23.0 Å². The van der Waals surface area contributed by atoms with Gasteiger partial charge in [0.15, 0.2) is 5.78 Å². The molecule has 0 aliphatic heterocycles. The third-order valence-electron chi connectivity index (χ3n) is 2.46. The molecule has 0 bridgehead atoms. The average molecular weight is 324 g/mol. The Balaban J connectivity index is 2.17. The molecule has 5 heteroatoms. The van der Waals surface area contributed by atoms with Gasteiger partial charge < -0.3 is 4.74 Å². The number of nitrogens with zero attached hydrogens (tertiary/aromatic N) is 1. The highest BCUT2D eigenvalue weighted by Crippen LogP contribution is 2.29. The molecule has 0 N–H and O–H groups in total. The minimum Gasteiger partial charge on any atom is -0.455 e. The van der Waals surface area contributed by atoms with Crippen LogP contribution in [0.1, 0.15) is 23.8 Å². The molecule has 3 nitrogen and oxygen atoms in total. The molecule has 1 aromatic heterocycles. The van der Waals surface area contributed by atoms with Gasteiger partial charge in [-0.2, -0.15) is 0 Å². The molecule has 0 atom stereocenters. The Morgan fingerprint density at radius 2 is 2.16 bits per heavy atom. The monoisotopic (exact) mass is 323 g/mol. The average Bonchev–Trinajstić information content (AvgIpc) is 2.42. The molecule has 0 saturated heterocycles. The van der Waals surface area contributed by atoms with Crippen LogP contribution in [0.3, 0.4) is 0 Å².